The smallest absolute Gasteiger partial charge is 0.328 e. The number of benzene rings is 3. The van der Waals surface area contributed by atoms with Crippen molar-refractivity contribution < 1.29 is 28.3 Å². The molecule has 5 heterocycles. The SMILES string of the molecule is COc1cc2nc(C)nc(N[C@H](C)c3cc(-c4c(Cl)cccc4CN(C)C)cs3)c2cc1C1CCC(C(=O)N2CCN(CC3CCC4(CC3)CCN(C(=O)c3ccc(F)c(N5CCC(=O)NC5=O)c3)CC4)CC2)CC1. The number of piperidine rings is 1. The van der Waals surface area contributed by atoms with Gasteiger partial charge in [-0.05, 0) is 168 Å². The predicted octanol–water partition coefficient (Wildman–Crippen LogP) is 10.7. The van der Waals surface area contributed by atoms with Gasteiger partial charge in [0, 0.05) is 104 Å². The van der Waals surface area contributed by atoms with E-state index in [1.54, 1.807) is 18.4 Å². The highest BCUT2D eigenvalue weighted by Gasteiger charge is 2.40. The van der Waals surface area contributed by atoms with Gasteiger partial charge in [0.2, 0.25) is 11.8 Å². The summed E-state index contributed by atoms with van der Waals surface area (Å²) >= 11 is 8.52. The number of carbonyl (C=O) groups is 4. The van der Waals surface area contributed by atoms with Crippen LogP contribution in [0.15, 0.2) is 60.0 Å². The number of hydrogen-bond donors (Lipinski definition) is 2. The Morgan fingerprint density at radius 3 is 2.37 bits per heavy atom. The van der Waals surface area contributed by atoms with Gasteiger partial charge in [-0.25, -0.2) is 19.2 Å². The fourth-order valence-electron chi connectivity index (χ4n) is 12.7. The Hall–Kier alpha value is -5.68. The van der Waals surface area contributed by atoms with E-state index in [2.05, 4.69) is 76.0 Å². The number of ether oxygens (including phenoxy) is 1. The number of thiophene rings is 1. The first-order valence-corrected chi connectivity index (χ1v) is 28.2. The number of carbonyl (C=O) groups excluding carboxylic acids is 4. The molecule has 2 N–H and O–H groups in total. The molecule has 5 aliphatic rings. The lowest BCUT2D eigenvalue weighted by Gasteiger charge is -2.47. The van der Waals surface area contributed by atoms with E-state index in [1.165, 1.54) is 46.4 Å². The van der Waals surface area contributed by atoms with Gasteiger partial charge in [-0.2, -0.15) is 0 Å². The van der Waals surface area contributed by atoms with Crippen molar-refractivity contribution in [2.45, 2.75) is 103 Å². The molecule has 5 amide bonds. The van der Waals surface area contributed by atoms with Gasteiger partial charge in [0.15, 0.2) is 0 Å². The summed E-state index contributed by atoms with van der Waals surface area (Å²) < 4.78 is 20.9. The highest BCUT2D eigenvalue weighted by Crippen LogP contribution is 2.47. The van der Waals surface area contributed by atoms with Crippen LogP contribution in [0.1, 0.15) is 122 Å². The molecule has 2 aromatic heterocycles. The van der Waals surface area contributed by atoms with E-state index in [1.807, 2.05) is 24.0 Å². The standard InChI is InChI=1S/C58H71ClFN9O5S/c1-36(51-30-43(35-75-51)53-42(34-65(3)4)7-6-8-46(53)59)61-54-45-31-44(50(74-5)32-48(45)62-37(2)63-54)39-9-11-40(12-10-39)55(71)68-27-25-66(26-28-68)33-38-15-18-58(19-16-38)20-23-67(24-21-58)56(72)41-13-14-47(60)49(29-41)69-22-17-52(70)64-57(69)73/h6-8,13-14,29-32,35-36,38-40H,9-12,15-28,33-34H2,1-5H3,(H,61,62,63)(H,64,70,73)/t36-,39?,40?/m1/s1. The largest absolute Gasteiger partial charge is 0.496 e. The molecule has 10 rings (SSSR count). The molecular formula is C58H71ClFN9O5S. The van der Waals surface area contributed by atoms with Crippen LogP contribution >= 0.6 is 22.9 Å². The van der Waals surface area contributed by atoms with Crippen molar-refractivity contribution >= 4 is 69.1 Å². The molecule has 5 aromatic rings. The highest BCUT2D eigenvalue weighted by molar-refractivity contribution is 7.10. The molecule has 5 fully saturated rings. The molecule has 17 heteroatoms. The quantitative estimate of drug-likeness (QED) is 0.117. The molecule has 1 spiro atoms. The van der Waals surface area contributed by atoms with Gasteiger partial charge in [0.1, 0.15) is 23.2 Å². The van der Waals surface area contributed by atoms with E-state index < -0.39 is 17.8 Å². The number of likely N-dealkylation sites (tertiary alicyclic amines) is 1. The van der Waals surface area contributed by atoms with Crippen molar-refractivity contribution in [1.82, 2.24) is 34.9 Å². The van der Waals surface area contributed by atoms with E-state index in [0.717, 1.165) is 135 Å². The molecule has 0 unspecified atom stereocenters. The molecule has 0 bridgehead atoms. The van der Waals surface area contributed by atoms with E-state index >= 15 is 0 Å². The Bertz CT molecular complexity index is 2930. The Kier molecular flexibility index (Phi) is 15.8. The Balaban J connectivity index is 0.689. The summed E-state index contributed by atoms with van der Waals surface area (Å²) in [4.78, 5) is 72.6. The maximum Gasteiger partial charge on any atom is 0.328 e. The summed E-state index contributed by atoms with van der Waals surface area (Å²) in [5.74, 6) is 2.38. The van der Waals surface area contributed by atoms with Crippen LogP contribution in [0.5, 0.6) is 5.75 Å². The van der Waals surface area contributed by atoms with Gasteiger partial charge in [0.05, 0.1) is 24.4 Å². The summed E-state index contributed by atoms with van der Waals surface area (Å²) in [5.41, 5.74) is 5.97. The first-order chi connectivity index (χ1) is 36.1. The van der Waals surface area contributed by atoms with Crippen LogP contribution < -0.4 is 20.3 Å². The fourth-order valence-corrected chi connectivity index (χ4v) is 13.9. The van der Waals surface area contributed by atoms with Crippen molar-refractivity contribution in [2.24, 2.45) is 17.3 Å². The van der Waals surface area contributed by atoms with E-state index in [9.17, 15) is 23.6 Å². The van der Waals surface area contributed by atoms with Crippen LogP contribution in [0.4, 0.5) is 20.7 Å². The van der Waals surface area contributed by atoms with Crippen molar-refractivity contribution in [3.63, 3.8) is 0 Å². The summed E-state index contributed by atoms with van der Waals surface area (Å²) in [6.07, 6.45) is 10.2. The van der Waals surface area contributed by atoms with Crippen LogP contribution in [0.2, 0.25) is 5.02 Å². The number of anilines is 2. The Morgan fingerprint density at radius 2 is 1.67 bits per heavy atom. The lowest BCUT2D eigenvalue weighted by Crippen LogP contribution is -2.52. The topological polar surface area (TPSA) is 144 Å². The van der Waals surface area contributed by atoms with Crippen LogP contribution in [-0.4, -0.2) is 127 Å². The van der Waals surface area contributed by atoms with Crippen molar-refractivity contribution in [1.29, 1.82) is 0 Å². The maximum atomic E-state index is 14.8. The predicted molar refractivity (Wildman–Crippen MR) is 294 cm³/mol. The number of halogens is 2. The number of hydrogen-bond acceptors (Lipinski definition) is 11. The molecule has 3 saturated heterocycles. The summed E-state index contributed by atoms with van der Waals surface area (Å²) in [6.45, 7) is 10.7. The monoisotopic (exact) mass is 1060 g/mol. The number of rotatable bonds is 13. The molecular weight excluding hydrogens is 989 g/mol. The number of aromatic nitrogens is 2. The summed E-state index contributed by atoms with van der Waals surface area (Å²) in [6, 6.07) is 16.1. The third kappa shape index (κ3) is 11.5. The number of piperazine rings is 1. The van der Waals surface area contributed by atoms with Gasteiger partial charge in [-0.3, -0.25) is 29.5 Å². The van der Waals surface area contributed by atoms with Crippen molar-refractivity contribution in [3.05, 3.63) is 98.2 Å². The van der Waals surface area contributed by atoms with Crippen molar-refractivity contribution in [2.75, 3.05) is 83.8 Å². The molecule has 2 saturated carbocycles. The van der Waals surface area contributed by atoms with Crippen LogP contribution in [0.3, 0.4) is 0 Å². The molecule has 398 valence electrons. The Labute approximate surface area is 449 Å². The van der Waals surface area contributed by atoms with Gasteiger partial charge in [0.25, 0.3) is 5.91 Å². The van der Waals surface area contributed by atoms with Gasteiger partial charge >= 0.3 is 6.03 Å². The summed E-state index contributed by atoms with van der Waals surface area (Å²) in [5, 5.41) is 9.88. The zero-order valence-corrected chi connectivity index (χ0v) is 45.6. The first-order valence-electron chi connectivity index (χ1n) is 27.0. The highest BCUT2D eigenvalue weighted by atomic mass is 35.5. The van der Waals surface area contributed by atoms with Crippen LogP contribution in [0, 0.1) is 30.0 Å². The number of imide groups is 1. The second-order valence-corrected chi connectivity index (χ2v) is 23.5. The normalized spacial score (nSPS) is 21.2. The molecule has 75 heavy (non-hydrogen) atoms. The van der Waals surface area contributed by atoms with Gasteiger partial charge < -0.3 is 24.8 Å². The zero-order chi connectivity index (χ0) is 52.5. The minimum absolute atomic E-state index is 0.0128. The average Bonchev–Trinajstić information content (AvgIpc) is 3.89. The first kappa shape index (κ1) is 52.7. The third-order valence-electron chi connectivity index (χ3n) is 17.0. The lowest BCUT2D eigenvalue weighted by molar-refractivity contribution is -0.138. The summed E-state index contributed by atoms with van der Waals surface area (Å²) in [7, 11) is 5.87. The number of urea groups is 1. The minimum atomic E-state index is -0.677. The molecule has 2 aliphatic carbocycles. The molecule has 0 radical (unpaired) electrons. The minimum Gasteiger partial charge on any atom is -0.496 e. The van der Waals surface area contributed by atoms with E-state index in [4.69, 9.17) is 26.3 Å². The van der Waals surface area contributed by atoms with Crippen molar-refractivity contribution in [3.8, 4) is 16.9 Å². The Morgan fingerprint density at radius 1 is 0.920 bits per heavy atom. The lowest BCUT2D eigenvalue weighted by atomic mass is 9.65. The fraction of sp³-hybridized carbons (Fsp3) is 0.517. The number of methoxy groups -OCH3 is 1. The molecule has 3 aliphatic heterocycles. The van der Waals surface area contributed by atoms with E-state index in [0.29, 0.717) is 36.3 Å². The number of aryl methyl sites for hydroxylation is 1. The second kappa shape index (κ2) is 22.5. The second-order valence-electron chi connectivity index (χ2n) is 22.2. The average molecular weight is 1060 g/mol. The number of fused-ring (bicyclic) bond motifs is 1. The molecule has 1 atom stereocenters. The van der Waals surface area contributed by atoms with E-state index in [-0.39, 0.29) is 47.9 Å². The number of amides is 5. The number of nitrogens with zero attached hydrogens (tertiary/aromatic N) is 7. The zero-order valence-electron chi connectivity index (χ0n) is 44.1. The van der Waals surface area contributed by atoms with Gasteiger partial charge in [-0.15, -0.1) is 11.3 Å². The molecule has 14 nitrogen and oxygen atoms in total. The molecule has 3 aromatic carbocycles. The van der Waals surface area contributed by atoms with Crippen LogP contribution in [0.25, 0.3) is 22.0 Å². The third-order valence-corrected chi connectivity index (χ3v) is 18.4. The number of nitrogens with one attached hydrogen (secondary N) is 2. The maximum absolute atomic E-state index is 14.8. The van der Waals surface area contributed by atoms with Crippen LogP contribution in [-0.2, 0) is 16.1 Å². The van der Waals surface area contributed by atoms with Gasteiger partial charge in [-0.1, -0.05) is 23.7 Å².